The third-order valence-electron chi connectivity index (χ3n) is 5.49. The summed E-state index contributed by atoms with van der Waals surface area (Å²) in [6.45, 7) is 1.09. The number of para-hydroxylation sites is 1. The number of ether oxygens (including phenoxy) is 2. The molecular weight excluding hydrogens is 420 g/mol. The second-order valence-corrected chi connectivity index (χ2v) is 7.65. The van der Waals surface area contributed by atoms with E-state index in [9.17, 15) is 4.79 Å². The molecular formula is C25H22N4O4. The molecule has 1 atom stereocenters. The van der Waals surface area contributed by atoms with Crippen molar-refractivity contribution >= 4 is 5.91 Å². The number of nitrogens with zero attached hydrogens (tertiary/aromatic N) is 4. The number of hydrogen-bond acceptors (Lipinski definition) is 7. The van der Waals surface area contributed by atoms with E-state index in [2.05, 4.69) is 15.1 Å². The Balaban J connectivity index is 1.29. The van der Waals surface area contributed by atoms with E-state index in [-0.39, 0.29) is 12.0 Å². The number of pyridine rings is 1. The van der Waals surface area contributed by atoms with E-state index in [1.165, 1.54) is 6.20 Å². The predicted molar refractivity (Wildman–Crippen MR) is 121 cm³/mol. The van der Waals surface area contributed by atoms with Crippen LogP contribution in [0.1, 0.15) is 16.8 Å². The van der Waals surface area contributed by atoms with Gasteiger partial charge in [0.15, 0.2) is 0 Å². The third-order valence-corrected chi connectivity index (χ3v) is 5.49. The number of aromatic nitrogens is 3. The number of likely N-dealkylation sites (tertiary alicyclic amines) is 1. The molecule has 1 fully saturated rings. The van der Waals surface area contributed by atoms with Gasteiger partial charge in [-0.1, -0.05) is 47.6 Å². The highest BCUT2D eigenvalue weighted by molar-refractivity contribution is 5.94. The van der Waals surface area contributed by atoms with E-state index < -0.39 is 0 Å². The van der Waals surface area contributed by atoms with Gasteiger partial charge in [0.25, 0.3) is 11.8 Å². The van der Waals surface area contributed by atoms with Crippen LogP contribution in [0.2, 0.25) is 0 Å². The fourth-order valence-electron chi connectivity index (χ4n) is 3.78. The molecule has 1 aliphatic heterocycles. The Morgan fingerprint density at radius 2 is 1.88 bits per heavy atom. The molecule has 1 aliphatic rings. The number of methoxy groups -OCH3 is 1. The van der Waals surface area contributed by atoms with Crippen molar-refractivity contribution in [3.05, 3.63) is 78.5 Å². The first-order chi connectivity index (χ1) is 16.2. The maximum absolute atomic E-state index is 12.8. The fraction of sp³-hybridized carbons (Fsp3) is 0.200. The zero-order valence-electron chi connectivity index (χ0n) is 18.0. The highest BCUT2D eigenvalue weighted by atomic mass is 16.5. The average molecular weight is 442 g/mol. The molecule has 166 valence electrons. The number of benzene rings is 2. The lowest BCUT2D eigenvalue weighted by molar-refractivity contribution is 0.0772. The van der Waals surface area contributed by atoms with Crippen molar-refractivity contribution < 1.29 is 18.8 Å². The van der Waals surface area contributed by atoms with E-state index >= 15 is 0 Å². The van der Waals surface area contributed by atoms with Gasteiger partial charge in [0.2, 0.25) is 11.7 Å². The highest BCUT2D eigenvalue weighted by Gasteiger charge is 2.29. The molecule has 0 saturated carbocycles. The van der Waals surface area contributed by atoms with Crippen molar-refractivity contribution in [2.24, 2.45) is 0 Å². The van der Waals surface area contributed by atoms with E-state index in [4.69, 9.17) is 14.0 Å². The summed E-state index contributed by atoms with van der Waals surface area (Å²) in [6, 6.07) is 20.6. The lowest BCUT2D eigenvalue weighted by atomic mass is 10.2. The van der Waals surface area contributed by atoms with Gasteiger partial charge in [-0.15, -0.1) is 0 Å². The van der Waals surface area contributed by atoms with Crippen molar-refractivity contribution in [1.29, 1.82) is 0 Å². The summed E-state index contributed by atoms with van der Waals surface area (Å²) in [5, 5.41) is 4.11. The third kappa shape index (κ3) is 4.41. The minimum absolute atomic E-state index is 0.0751. The summed E-state index contributed by atoms with van der Waals surface area (Å²) in [7, 11) is 1.54. The molecule has 5 rings (SSSR count). The largest absolute Gasteiger partial charge is 0.488 e. The lowest BCUT2D eigenvalue weighted by Crippen LogP contribution is -2.31. The summed E-state index contributed by atoms with van der Waals surface area (Å²) in [5.74, 6) is 1.95. The summed E-state index contributed by atoms with van der Waals surface area (Å²) < 4.78 is 16.9. The molecule has 8 heteroatoms. The first kappa shape index (κ1) is 20.7. The number of amides is 1. The van der Waals surface area contributed by atoms with Crippen molar-refractivity contribution in [2.75, 3.05) is 20.2 Å². The van der Waals surface area contributed by atoms with Crippen LogP contribution in [-0.2, 0) is 0 Å². The van der Waals surface area contributed by atoms with Crippen molar-refractivity contribution in [3.8, 4) is 34.5 Å². The molecule has 8 nitrogen and oxygen atoms in total. The molecule has 0 radical (unpaired) electrons. The molecule has 0 spiro atoms. The van der Waals surface area contributed by atoms with Gasteiger partial charge in [0.1, 0.15) is 11.9 Å². The van der Waals surface area contributed by atoms with Gasteiger partial charge >= 0.3 is 0 Å². The van der Waals surface area contributed by atoms with Crippen LogP contribution in [0.3, 0.4) is 0 Å². The Hall–Kier alpha value is -4.20. The molecule has 0 N–H and O–H groups in total. The Bertz CT molecular complexity index is 1240. The molecule has 3 heterocycles. The summed E-state index contributed by atoms with van der Waals surface area (Å²) in [5.41, 5.74) is 2.12. The van der Waals surface area contributed by atoms with Crippen molar-refractivity contribution in [3.63, 3.8) is 0 Å². The first-order valence-corrected chi connectivity index (χ1v) is 10.7. The smallest absolute Gasteiger partial charge is 0.262 e. The number of carbonyl (C=O) groups is 1. The van der Waals surface area contributed by atoms with E-state index in [0.29, 0.717) is 42.0 Å². The van der Waals surface area contributed by atoms with Crippen LogP contribution in [0.4, 0.5) is 0 Å². The van der Waals surface area contributed by atoms with Crippen molar-refractivity contribution in [2.45, 2.75) is 12.5 Å². The Morgan fingerprint density at radius 3 is 2.67 bits per heavy atom. The predicted octanol–water partition coefficient (Wildman–Crippen LogP) is 4.10. The van der Waals surface area contributed by atoms with Crippen LogP contribution in [0.15, 0.2) is 77.4 Å². The van der Waals surface area contributed by atoms with Crippen LogP contribution < -0.4 is 9.47 Å². The number of rotatable bonds is 6. The quantitative estimate of drug-likeness (QED) is 0.444. The molecule has 0 bridgehead atoms. The first-order valence-electron chi connectivity index (χ1n) is 10.7. The Labute approximate surface area is 190 Å². The normalized spacial score (nSPS) is 15.4. The standard InChI is InChI=1S/C25H22N4O4/c1-31-22-12-11-18(15-26-22)25(30)29-14-13-19(16-29)32-21-10-6-5-9-20(21)24-27-23(28-33-24)17-7-3-2-4-8-17/h2-12,15,19H,13-14,16H2,1H3. The highest BCUT2D eigenvalue weighted by Crippen LogP contribution is 2.32. The topological polar surface area (TPSA) is 90.6 Å². The van der Waals surface area contributed by atoms with Crippen LogP contribution in [0.5, 0.6) is 11.6 Å². The maximum Gasteiger partial charge on any atom is 0.262 e. The molecule has 0 aliphatic carbocycles. The van der Waals surface area contributed by atoms with Gasteiger partial charge in [-0.2, -0.15) is 4.98 Å². The second-order valence-electron chi connectivity index (χ2n) is 7.65. The van der Waals surface area contributed by atoms with Gasteiger partial charge < -0.3 is 18.9 Å². The average Bonchev–Trinajstić information content (AvgIpc) is 3.55. The van der Waals surface area contributed by atoms with E-state index in [1.54, 1.807) is 24.1 Å². The summed E-state index contributed by atoms with van der Waals surface area (Å²) in [6.07, 6.45) is 2.12. The van der Waals surface area contributed by atoms with Crippen molar-refractivity contribution in [1.82, 2.24) is 20.0 Å². The fourth-order valence-corrected chi connectivity index (χ4v) is 3.78. The monoisotopic (exact) mass is 442 g/mol. The molecule has 1 saturated heterocycles. The van der Waals surface area contributed by atoms with E-state index in [1.807, 2.05) is 54.6 Å². The van der Waals surface area contributed by atoms with Gasteiger partial charge in [-0.05, 0) is 18.2 Å². The minimum Gasteiger partial charge on any atom is -0.488 e. The van der Waals surface area contributed by atoms with Gasteiger partial charge in [0.05, 0.1) is 24.8 Å². The van der Waals surface area contributed by atoms with Crippen LogP contribution in [-0.4, -0.2) is 52.2 Å². The van der Waals surface area contributed by atoms with Gasteiger partial charge in [-0.3, -0.25) is 4.79 Å². The summed E-state index contributed by atoms with van der Waals surface area (Å²) in [4.78, 5) is 23.3. The minimum atomic E-state index is -0.141. The van der Waals surface area contributed by atoms with E-state index in [0.717, 1.165) is 17.5 Å². The molecule has 2 aromatic carbocycles. The lowest BCUT2D eigenvalue weighted by Gasteiger charge is -2.18. The number of hydrogen-bond donors (Lipinski definition) is 0. The maximum atomic E-state index is 12.8. The Kier molecular flexibility index (Phi) is 5.72. The van der Waals surface area contributed by atoms with Gasteiger partial charge in [-0.25, -0.2) is 4.98 Å². The SMILES string of the molecule is COc1ccc(C(=O)N2CCC(Oc3ccccc3-c3nc(-c4ccccc4)no3)C2)cn1. The van der Waals surface area contributed by atoms with Gasteiger partial charge in [0, 0.05) is 30.8 Å². The molecule has 1 amide bonds. The number of carbonyl (C=O) groups excluding carboxylic acids is 1. The second kappa shape index (κ2) is 9.12. The molecule has 1 unspecified atom stereocenters. The van der Waals surface area contributed by atoms with Crippen LogP contribution >= 0.6 is 0 Å². The van der Waals surface area contributed by atoms with Crippen LogP contribution in [0.25, 0.3) is 22.8 Å². The zero-order chi connectivity index (χ0) is 22.6. The Morgan fingerprint density at radius 1 is 1.06 bits per heavy atom. The molecule has 33 heavy (non-hydrogen) atoms. The van der Waals surface area contributed by atoms with Crippen LogP contribution in [0, 0.1) is 0 Å². The summed E-state index contributed by atoms with van der Waals surface area (Å²) >= 11 is 0. The molecule has 2 aromatic heterocycles. The zero-order valence-corrected chi connectivity index (χ0v) is 18.0. The molecule has 4 aromatic rings.